The Labute approximate surface area is 215 Å². The van der Waals surface area contributed by atoms with Gasteiger partial charge in [0.25, 0.3) is 0 Å². The van der Waals surface area contributed by atoms with Crippen molar-refractivity contribution in [2.75, 3.05) is 34.4 Å². The molecule has 0 spiro atoms. The van der Waals surface area contributed by atoms with Crippen LogP contribution >= 0.6 is 0 Å². The fraction of sp³-hybridized carbons (Fsp3) is 0.345. The van der Waals surface area contributed by atoms with E-state index in [2.05, 4.69) is 0 Å². The highest BCUT2D eigenvalue weighted by Crippen LogP contribution is 2.57. The van der Waals surface area contributed by atoms with E-state index in [1.807, 2.05) is 55.5 Å². The molecular weight excluding hydrogens is 476 g/mol. The van der Waals surface area contributed by atoms with Gasteiger partial charge in [-0.05, 0) is 59.9 Å². The summed E-state index contributed by atoms with van der Waals surface area (Å²) in [5.41, 5.74) is 2.14. The van der Waals surface area contributed by atoms with Crippen LogP contribution in [0.5, 0.6) is 28.7 Å². The fourth-order valence-electron chi connectivity index (χ4n) is 5.45. The highest BCUT2D eigenvalue weighted by Gasteiger charge is 2.54. The van der Waals surface area contributed by atoms with Crippen molar-refractivity contribution >= 4 is 5.97 Å². The van der Waals surface area contributed by atoms with Gasteiger partial charge in [-0.3, -0.25) is 4.79 Å². The summed E-state index contributed by atoms with van der Waals surface area (Å²) < 4.78 is 33.8. The molecule has 0 radical (unpaired) electrons. The Hall–Kier alpha value is -3.91. The zero-order valence-corrected chi connectivity index (χ0v) is 21.1. The number of carboxylic acids is 1. The standard InChI is InChI=1S/C29H30O8/c1-4-11-34-21-7-8-22-18(12-21)13-24(28(30)31)29(22,19-5-10-25-27(14-19)37-17-36-25)23-9-6-20(33-3)15-26(23)35-16-32-2/h5-10,12,14-15,24H,4,11,13,16-17H2,1-3H3,(H,30,31). The van der Waals surface area contributed by atoms with Crippen molar-refractivity contribution in [3.8, 4) is 28.7 Å². The number of fused-ring (bicyclic) bond motifs is 2. The number of aliphatic carboxylic acids is 1. The van der Waals surface area contributed by atoms with Crippen LogP contribution < -0.4 is 23.7 Å². The zero-order valence-electron chi connectivity index (χ0n) is 21.1. The van der Waals surface area contributed by atoms with Gasteiger partial charge in [0, 0.05) is 18.7 Å². The first-order valence-corrected chi connectivity index (χ1v) is 12.2. The van der Waals surface area contributed by atoms with Gasteiger partial charge in [-0.15, -0.1) is 0 Å². The van der Waals surface area contributed by atoms with Crippen LogP contribution in [0.4, 0.5) is 0 Å². The molecule has 0 amide bonds. The fourth-order valence-corrected chi connectivity index (χ4v) is 5.45. The number of carbonyl (C=O) groups is 1. The van der Waals surface area contributed by atoms with Crippen molar-refractivity contribution in [3.05, 3.63) is 76.9 Å². The van der Waals surface area contributed by atoms with Crippen molar-refractivity contribution in [1.29, 1.82) is 0 Å². The summed E-state index contributed by atoms with van der Waals surface area (Å²) in [6.45, 7) is 2.74. The van der Waals surface area contributed by atoms with Gasteiger partial charge < -0.3 is 33.5 Å². The average Bonchev–Trinajstić information content (AvgIpc) is 3.53. The van der Waals surface area contributed by atoms with Gasteiger partial charge in [-0.25, -0.2) is 0 Å². The lowest BCUT2D eigenvalue weighted by Gasteiger charge is -2.37. The summed E-state index contributed by atoms with van der Waals surface area (Å²) in [5, 5.41) is 10.6. The number of rotatable bonds is 10. The minimum absolute atomic E-state index is 0.00816. The Morgan fingerprint density at radius 3 is 2.51 bits per heavy atom. The van der Waals surface area contributed by atoms with Crippen LogP contribution in [0.2, 0.25) is 0 Å². The molecule has 1 aliphatic carbocycles. The van der Waals surface area contributed by atoms with Crippen LogP contribution in [-0.2, 0) is 21.4 Å². The second kappa shape index (κ2) is 10.2. The summed E-state index contributed by atoms with van der Waals surface area (Å²) >= 11 is 0. The lowest BCUT2D eigenvalue weighted by Crippen LogP contribution is -2.39. The van der Waals surface area contributed by atoms with Crippen LogP contribution in [0, 0.1) is 5.92 Å². The average molecular weight is 507 g/mol. The molecule has 194 valence electrons. The Morgan fingerprint density at radius 2 is 1.76 bits per heavy atom. The molecule has 0 bridgehead atoms. The third-order valence-corrected chi connectivity index (χ3v) is 6.99. The molecule has 3 aromatic rings. The molecule has 0 saturated carbocycles. The normalized spacial score (nSPS) is 19.4. The van der Waals surface area contributed by atoms with E-state index in [0.717, 1.165) is 28.9 Å². The monoisotopic (exact) mass is 506 g/mol. The van der Waals surface area contributed by atoms with Gasteiger partial charge >= 0.3 is 5.97 Å². The van der Waals surface area contributed by atoms with Gasteiger partial charge in [-0.2, -0.15) is 0 Å². The maximum Gasteiger partial charge on any atom is 0.308 e. The SMILES string of the molecule is CCCOc1ccc2c(c1)CC(C(=O)O)C2(c1ccc2c(c1)OCO2)c1ccc(OC)cc1OCOC. The number of hydrogen-bond donors (Lipinski definition) is 1. The highest BCUT2D eigenvalue weighted by molar-refractivity contribution is 5.80. The molecular formula is C29H30O8. The first-order chi connectivity index (χ1) is 18.0. The number of methoxy groups -OCH3 is 2. The second-order valence-corrected chi connectivity index (χ2v) is 9.05. The van der Waals surface area contributed by atoms with Crippen molar-refractivity contribution in [2.45, 2.75) is 25.2 Å². The van der Waals surface area contributed by atoms with Crippen molar-refractivity contribution in [3.63, 3.8) is 0 Å². The van der Waals surface area contributed by atoms with Gasteiger partial charge in [0.15, 0.2) is 18.3 Å². The van der Waals surface area contributed by atoms with Gasteiger partial charge in [0.1, 0.15) is 17.2 Å². The molecule has 1 aliphatic heterocycles. The molecule has 2 atom stereocenters. The smallest absolute Gasteiger partial charge is 0.308 e. The summed E-state index contributed by atoms with van der Waals surface area (Å²) in [7, 11) is 3.11. The van der Waals surface area contributed by atoms with Crippen molar-refractivity contribution < 1.29 is 38.3 Å². The first kappa shape index (κ1) is 24.8. The Balaban J connectivity index is 1.80. The molecule has 5 rings (SSSR count). The summed E-state index contributed by atoms with van der Waals surface area (Å²) in [6.07, 6.45) is 1.19. The second-order valence-electron chi connectivity index (χ2n) is 9.05. The van der Waals surface area contributed by atoms with Crippen LogP contribution in [0.15, 0.2) is 54.6 Å². The molecule has 2 aliphatic rings. The van der Waals surface area contributed by atoms with Gasteiger partial charge in [0.05, 0.1) is 25.0 Å². The van der Waals surface area contributed by atoms with Gasteiger partial charge in [-0.1, -0.05) is 25.1 Å². The van der Waals surface area contributed by atoms with E-state index in [4.69, 9.17) is 28.4 Å². The largest absolute Gasteiger partial charge is 0.497 e. The Bertz CT molecular complexity index is 1300. The molecule has 0 fully saturated rings. The van der Waals surface area contributed by atoms with E-state index in [9.17, 15) is 9.90 Å². The molecule has 1 heterocycles. The van der Waals surface area contributed by atoms with E-state index in [0.29, 0.717) is 41.6 Å². The predicted octanol–water partition coefficient (Wildman–Crippen LogP) is 4.79. The van der Waals surface area contributed by atoms with Crippen LogP contribution in [0.25, 0.3) is 0 Å². The van der Waals surface area contributed by atoms with Gasteiger partial charge in [0.2, 0.25) is 6.79 Å². The number of benzene rings is 3. The molecule has 3 aromatic carbocycles. The third kappa shape index (κ3) is 4.21. The quantitative estimate of drug-likeness (QED) is 0.393. The number of hydrogen-bond acceptors (Lipinski definition) is 7. The maximum absolute atomic E-state index is 13.0. The Kier molecular flexibility index (Phi) is 6.84. The predicted molar refractivity (Wildman–Crippen MR) is 135 cm³/mol. The molecule has 1 N–H and O–H groups in total. The molecule has 0 saturated heterocycles. The van der Waals surface area contributed by atoms with Crippen LogP contribution in [0.1, 0.15) is 35.6 Å². The van der Waals surface area contributed by atoms with E-state index < -0.39 is 17.3 Å². The summed E-state index contributed by atoms with van der Waals surface area (Å²) in [4.78, 5) is 13.0. The first-order valence-electron chi connectivity index (χ1n) is 12.2. The van der Waals surface area contributed by atoms with E-state index in [1.54, 1.807) is 13.2 Å². The molecule has 37 heavy (non-hydrogen) atoms. The number of ether oxygens (including phenoxy) is 6. The minimum atomic E-state index is -1.10. The van der Waals surface area contributed by atoms with Crippen molar-refractivity contribution in [2.24, 2.45) is 5.92 Å². The van der Waals surface area contributed by atoms with Crippen molar-refractivity contribution in [1.82, 2.24) is 0 Å². The topological polar surface area (TPSA) is 92.7 Å². The van der Waals surface area contributed by atoms with E-state index >= 15 is 0 Å². The third-order valence-electron chi connectivity index (χ3n) is 6.99. The lowest BCUT2D eigenvalue weighted by molar-refractivity contribution is -0.142. The highest BCUT2D eigenvalue weighted by atomic mass is 16.7. The van der Waals surface area contributed by atoms with E-state index in [1.165, 1.54) is 7.11 Å². The molecule has 2 unspecified atom stereocenters. The maximum atomic E-state index is 13.0. The molecule has 8 heteroatoms. The summed E-state index contributed by atoms with van der Waals surface area (Å²) in [6, 6.07) is 16.9. The summed E-state index contributed by atoms with van der Waals surface area (Å²) in [5.74, 6) is 1.23. The Morgan fingerprint density at radius 1 is 0.973 bits per heavy atom. The molecule has 8 nitrogen and oxygen atoms in total. The lowest BCUT2D eigenvalue weighted by atomic mass is 9.64. The van der Waals surface area contributed by atoms with E-state index in [-0.39, 0.29) is 13.6 Å². The van der Waals surface area contributed by atoms with Crippen LogP contribution in [0.3, 0.4) is 0 Å². The zero-order chi connectivity index (χ0) is 26.0. The number of carboxylic acid groups (broad SMARTS) is 1. The molecule has 0 aromatic heterocycles. The minimum Gasteiger partial charge on any atom is -0.497 e. The van der Waals surface area contributed by atoms with Crippen LogP contribution in [-0.4, -0.2) is 45.5 Å².